The molecule has 1 unspecified atom stereocenters. The molecule has 15 heavy (non-hydrogen) atoms. The number of carbonyl (C=O) groups is 1. The molecule has 1 fully saturated rings. The topological polar surface area (TPSA) is 32.3 Å². The molecule has 3 heteroatoms. The van der Waals surface area contributed by atoms with E-state index in [0.29, 0.717) is 0 Å². The molecule has 0 radical (unpaired) electrons. The van der Waals surface area contributed by atoms with E-state index >= 15 is 0 Å². The summed E-state index contributed by atoms with van der Waals surface area (Å²) >= 11 is 0. The van der Waals surface area contributed by atoms with E-state index in [2.05, 4.69) is 16.3 Å². The highest BCUT2D eigenvalue weighted by molar-refractivity contribution is 6.03. The van der Waals surface area contributed by atoms with E-state index in [0.717, 1.165) is 25.1 Å². The summed E-state index contributed by atoms with van der Waals surface area (Å²) in [6, 6.07) is 8.12. The van der Waals surface area contributed by atoms with E-state index in [-0.39, 0.29) is 11.9 Å². The van der Waals surface area contributed by atoms with Crippen molar-refractivity contribution in [2.75, 3.05) is 16.8 Å². The van der Waals surface area contributed by atoms with Crippen LogP contribution in [-0.4, -0.2) is 18.5 Å². The van der Waals surface area contributed by atoms with Crippen molar-refractivity contribution >= 4 is 17.3 Å². The molecular weight excluding hydrogens is 188 g/mol. The number of benzene rings is 1. The lowest BCUT2D eigenvalue weighted by Gasteiger charge is -2.40. The lowest BCUT2D eigenvalue weighted by Crippen LogP contribution is -2.50. The number of hydrogen-bond acceptors (Lipinski definition) is 2. The fraction of sp³-hybridized carbons (Fsp3) is 0.417. The molecule has 0 spiro atoms. The minimum atomic E-state index is 0.0636. The predicted octanol–water partition coefficient (Wildman–Crippen LogP) is 2.00. The lowest BCUT2D eigenvalue weighted by atomic mass is 9.97. The first-order valence-corrected chi connectivity index (χ1v) is 5.53. The quantitative estimate of drug-likeness (QED) is 0.697. The highest BCUT2D eigenvalue weighted by atomic mass is 16.2. The van der Waals surface area contributed by atoms with Crippen molar-refractivity contribution in [2.24, 2.45) is 0 Å². The molecule has 1 saturated heterocycles. The van der Waals surface area contributed by atoms with E-state index in [1.165, 1.54) is 12.1 Å². The standard InChI is InChI=1S/C12H14N2O/c15-12-11-7-3-4-8-14(11)10-6-2-1-5-9(10)13-12/h1-2,5-6,11H,3-4,7-8H2,(H,13,15). The Balaban J connectivity index is 2.06. The summed E-state index contributed by atoms with van der Waals surface area (Å²) in [5, 5.41) is 2.98. The minimum Gasteiger partial charge on any atom is -0.358 e. The fourth-order valence-corrected chi connectivity index (χ4v) is 2.54. The van der Waals surface area contributed by atoms with E-state index in [9.17, 15) is 4.79 Å². The van der Waals surface area contributed by atoms with Crippen LogP contribution in [0.15, 0.2) is 24.3 Å². The van der Waals surface area contributed by atoms with Gasteiger partial charge in [-0.1, -0.05) is 12.1 Å². The maximum absolute atomic E-state index is 11.8. The summed E-state index contributed by atoms with van der Waals surface area (Å²) in [6.45, 7) is 1.01. The van der Waals surface area contributed by atoms with Gasteiger partial charge in [0.2, 0.25) is 5.91 Å². The number of amides is 1. The van der Waals surface area contributed by atoms with Gasteiger partial charge in [-0.2, -0.15) is 0 Å². The zero-order valence-electron chi connectivity index (χ0n) is 8.57. The number of hydrogen-bond donors (Lipinski definition) is 1. The third kappa shape index (κ3) is 1.30. The number of fused-ring (bicyclic) bond motifs is 3. The second kappa shape index (κ2) is 3.26. The van der Waals surface area contributed by atoms with Crippen LogP contribution in [0.1, 0.15) is 19.3 Å². The molecule has 2 aliphatic heterocycles. The smallest absolute Gasteiger partial charge is 0.247 e. The normalized spacial score (nSPS) is 24.1. The largest absolute Gasteiger partial charge is 0.358 e. The van der Waals surface area contributed by atoms with Gasteiger partial charge in [0, 0.05) is 6.54 Å². The molecule has 0 saturated carbocycles. The van der Waals surface area contributed by atoms with E-state index in [1.807, 2.05) is 18.2 Å². The second-order valence-electron chi connectivity index (χ2n) is 4.21. The van der Waals surface area contributed by atoms with Gasteiger partial charge >= 0.3 is 0 Å². The number of piperidine rings is 1. The number of carbonyl (C=O) groups excluding carboxylic acids is 1. The highest BCUT2D eigenvalue weighted by Crippen LogP contribution is 2.35. The Kier molecular flexibility index (Phi) is 1.91. The van der Waals surface area contributed by atoms with Crippen molar-refractivity contribution in [1.29, 1.82) is 0 Å². The van der Waals surface area contributed by atoms with Crippen LogP contribution in [0.3, 0.4) is 0 Å². The van der Waals surface area contributed by atoms with Gasteiger partial charge < -0.3 is 10.2 Å². The van der Waals surface area contributed by atoms with Gasteiger partial charge in [-0.25, -0.2) is 0 Å². The van der Waals surface area contributed by atoms with Crippen LogP contribution in [0.5, 0.6) is 0 Å². The highest BCUT2D eigenvalue weighted by Gasteiger charge is 2.33. The molecule has 1 N–H and O–H groups in total. The first-order valence-electron chi connectivity index (χ1n) is 5.53. The fourth-order valence-electron chi connectivity index (χ4n) is 2.54. The van der Waals surface area contributed by atoms with E-state index < -0.39 is 0 Å². The van der Waals surface area contributed by atoms with Crippen molar-refractivity contribution in [2.45, 2.75) is 25.3 Å². The Morgan fingerprint density at radius 1 is 1.27 bits per heavy atom. The van der Waals surface area contributed by atoms with Crippen molar-refractivity contribution < 1.29 is 4.79 Å². The van der Waals surface area contributed by atoms with Crippen LogP contribution in [0.25, 0.3) is 0 Å². The van der Waals surface area contributed by atoms with Gasteiger partial charge in [0.1, 0.15) is 6.04 Å². The van der Waals surface area contributed by atoms with Crippen LogP contribution in [0, 0.1) is 0 Å². The predicted molar refractivity (Wildman–Crippen MR) is 60.1 cm³/mol. The van der Waals surface area contributed by atoms with Gasteiger partial charge in [0.15, 0.2) is 0 Å². The summed E-state index contributed by atoms with van der Waals surface area (Å²) in [5.74, 6) is 0.161. The first-order chi connectivity index (χ1) is 7.36. The summed E-state index contributed by atoms with van der Waals surface area (Å²) in [5.41, 5.74) is 2.14. The number of anilines is 2. The summed E-state index contributed by atoms with van der Waals surface area (Å²) in [4.78, 5) is 14.1. The molecule has 1 amide bonds. The molecule has 3 rings (SSSR count). The maximum Gasteiger partial charge on any atom is 0.247 e. The lowest BCUT2D eigenvalue weighted by molar-refractivity contribution is -0.118. The van der Waals surface area contributed by atoms with Crippen LogP contribution >= 0.6 is 0 Å². The molecule has 2 aliphatic rings. The molecule has 78 valence electrons. The molecule has 0 bridgehead atoms. The Morgan fingerprint density at radius 3 is 3.07 bits per heavy atom. The average molecular weight is 202 g/mol. The van der Waals surface area contributed by atoms with Crippen molar-refractivity contribution in [3.8, 4) is 0 Å². The van der Waals surface area contributed by atoms with E-state index in [4.69, 9.17) is 0 Å². The summed E-state index contributed by atoms with van der Waals surface area (Å²) in [7, 11) is 0. The number of nitrogens with zero attached hydrogens (tertiary/aromatic N) is 1. The third-order valence-corrected chi connectivity index (χ3v) is 3.28. The summed E-state index contributed by atoms with van der Waals surface area (Å²) in [6.07, 6.45) is 3.34. The van der Waals surface area contributed by atoms with Crippen LogP contribution in [-0.2, 0) is 4.79 Å². The molecule has 1 aromatic rings. The number of para-hydroxylation sites is 2. The Bertz CT molecular complexity index is 402. The molecule has 1 aromatic carbocycles. The van der Waals surface area contributed by atoms with Crippen molar-refractivity contribution in [3.63, 3.8) is 0 Å². The molecule has 0 aromatic heterocycles. The van der Waals surface area contributed by atoms with Gasteiger partial charge in [0.05, 0.1) is 11.4 Å². The first kappa shape index (κ1) is 8.77. The summed E-state index contributed by atoms with van der Waals surface area (Å²) < 4.78 is 0. The van der Waals surface area contributed by atoms with Crippen LogP contribution < -0.4 is 10.2 Å². The van der Waals surface area contributed by atoms with Gasteiger partial charge in [-0.3, -0.25) is 4.79 Å². The minimum absolute atomic E-state index is 0.0636. The molecule has 3 nitrogen and oxygen atoms in total. The molecule has 0 aliphatic carbocycles. The zero-order chi connectivity index (χ0) is 10.3. The van der Waals surface area contributed by atoms with Crippen LogP contribution in [0.4, 0.5) is 11.4 Å². The Hall–Kier alpha value is -1.51. The van der Waals surface area contributed by atoms with Crippen LogP contribution in [0.2, 0.25) is 0 Å². The average Bonchev–Trinajstić information content (AvgIpc) is 2.30. The molecular formula is C12H14N2O. The van der Waals surface area contributed by atoms with Gasteiger partial charge in [-0.05, 0) is 31.4 Å². The SMILES string of the molecule is O=C1Nc2ccccc2N2CCCCC12. The zero-order valence-corrected chi connectivity index (χ0v) is 8.57. The maximum atomic E-state index is 11.8. The van der Waals surface area contributed by atoms with E-state index in [1.54, 1.807) is 0 Å². The monoisotopic (exact) mass is 202 g/mol. The third-order valence-electron chi connectivity index (χ3n) is 3.28. The number of rotatable bonds is 0. The second-order valence-corrected chi connectivity index (χ2v) is 4.21. The Labute approximate surface area is 89.1 Å². The van der Waals surface area contributed by atoms with Crippen molar-refractivity contribution in [3.05, 3.63) is 24.3 Å². The van der Waals surface area contributed by atoms with Crippen molar-refractivity contribution in [1.82, 2.24) is 0 Å². The Morgan fingerprint density at radius 2 is 2.13 bits per heavy atom. The molecule has 1 atom stereocenters. The molecule has 2 heterocycles. The number of nitrogens with one attached hydrogen (secondary N) is 1. The van der Waals surface area contributed by atoms with Gasteiger partial charge in [-0.15, -0.1) is 0 Å². The van der Waals surface area contributed by atoms with Gasteiger partial charge in [0.25, 0.3) is 0 Å².